The van der Waals surface area contributed by atoms with E-state index in [2.05, 4.69) is 22.0 Å². The molecular weight excluding hydrogens is 366 g/mol. The van der Waals surface area contributed by atoms with E-state index in [0.29, 0.717) is 11.7 Å². The highest BCUT2D eigenvalue weighted by molar-refractivity contribution is 5.80. The summed E-state index contributed by atoms with van der Waals surface area (Å²) in [5.74, 6) is 1.40. The van der Waals surface area contributed by atoms with E-state index in [1.54, 1.807) is 0 Å². The van der Waals surface area contributed by atoms with Crippen LogP contribution in [0, 0.1) is 5.92 Å². The van der Waals surface area contributed by atoms with Crippen molar-refractivity contribution in [3.8, 4) is 11.4 Å². The molecule has 1 aromatic heterocycles. The van der Waals surface area contributed by atoms with Gasteiger partial charge >= 0.3 is 0 Å². The first-order valence-corrected chi connectivity index (χ1v) is 10.7. The fraction of sp³-hybridized carbons (Fsp3) is 0.591. The van der Waals surface area contributed by atoms with Crippen LogP contribution in [-0.2, 0) is 4.79 Å². The first kappa shape index (κ1) is 20.0. The van der Waals surface area contributed by atoms with Crippen LogP contribution in [0.15, 0.2) is 34.9 Å². The first-order valence-electron chi connectivity index (χ1n) is 10.7. The molecule has 2 aliphatic rings. The van der Waals surface area contributed by atoms with E-state index in [1.807, 2.05) is 42.2 Å². The van der Waals surface area contributed by atoms with Gasteiger partial charge in [0.05, 0.1) is 12.0 Å². The van der Waals surface area contributed by atoms with Gasteiger partial charge in [-0.05, 0) is 26.7 Å². The third kappa shape index (κ3) is 4.21. The highest BCUT2D eigenvalue weighted by Gasteiger charge is 2.40. The summed E-state index contributed by atoms with van der Waals surface area (Å²) in [5, 5.41) is 4.13. The van der Waals surface area contributed by atoms with Gasteiger partial charge in [-0.25, -0.2) is 0 Å². The van der Waals surface area contributed by atoms with Crippen LogP contribution in [0.2, 0.25) is 0 Å². The van der Waals surface area contributed by atoms with Crippen molar-refractivity contribution in [2.24, 2.45) is 11.7 Å². The van der Waals surface area contributed by atoms with Crippen molar-refractivity contribution >= 4 is 5.91 Å². The molecule has 0 radical (unpaired) electrons. The second kappa shape index (κ2) is 8.24. The number of nitrogens with zero attached hydrogens (tertiary/aromatic N) is 4. The Morgan fingerprint density at radius 1 is 1.21 bits per heavy atom. The molecule has 7 heteroatoms. The maximum atomic E-state index is 13.1. The molecule has 1 aliphatic carbocycles. The molecule has 2 heterocycles. The Hall–Kier alpha value is -2.25. The van der Waals surface area contributed by atoms with Crippen LogP contribution in [0.25, 0.3) is 11.4 Å². The largest absolute Gasteiger partial charge is 0.340 e. The zero-order chi connectivity index (χ0) is 20.4. The molecule has 4 rings (SSSR count). The monoisotopic (exact) mass is 397 g/mol. The van der Waals surface area contributed by atoms with Crippen molar-refractivity contribution in [3.63, 3.8) is 0 Å². The minimum absolute atomic E-state index is 0.0201. The third-order valence-electron chi connectivity index (χ3n) is 6.56. The molecule has 1 amide bonds. The number of carbonyl (C=O) groups excluding carboxylic acids is 1. The number of carbonyl (C=O) groups is 1. The number of aromatic nitrogens is 2. The van der Waals surface area contributed by atoms with Gasteiger partial charge in [-0.1, -0.05) is 48.3 Å². The summed E-state index contributed by atoms with van der Waals surface area (Å²) in [6.45, 7) is 7.14. The minimum Gasteiger partial charge on any atom is -0.340 e. The van der Waals surface area contributed by atoms with E-state index < -0.39 is 0 Å². The van der Waals surface area contributed by atoms with E-state index in [-0.39, 0.29) is 23.4 Å². The van der Waals surface area contributed by atoms with Gasteiger partial charge in [0.15, 0.2) is 0 Å². The van der Waals surface area contributed by atoms with E-state index in [4.69, 9.17) is 10.3 Å². The summed E-state index contributed by atoms with van der Waals surface area (Å²) in [4.78, 5) is 21.9. The molecule has 0 spiro atoms. The number of hydrogen-bond donors (Lipinski definition) is 1. The zero-order valence-corrected chi connectivity index (χ0v) is 17.4. The minimum atomic E-state index is -0.378. The summed E-state index contributed by atoms with van der Waals surface area (Å²) in [6.07, 6.45) is 4.06. The van der Waals surface area contributed by atoms with Gasteiger partial charge in [0.2, 0.25) is 17.6 Å². The molecule has 3 atom stereocenters. The topological polar surface area (TPSA) is 88.5 Å². The number of benzene rings is 1. The predicted molar refractivity (Wildman–Crippen MR) is 111 cm³/mol. The summed E-state index contributed by atoms with van der Waals surface area (Å²) in [6, 6.07) is 9.86. The molecule has 2 N–H and O–H groups in total. The number of rotatable bonds is 4. The molecular formula is C22H31N5O2. The standard InChI is InChI=1S/C22H31N5O2/c1-16(20-24-19(25-29-20)17-8-4-3-5-9-17)26-12-14-27(15-13-26)21(28)18-10-6-7-11-22(18,2)23/h3-5,8-9,16,18H,6-7,10-15,23H2,1-2H3. The van der Waals surface area contributed by atoms with Crippen molar-refractivity contribution in [1.82, 2.24) is 19.9 Å². The van der Waals surface area contributed by atoms with Crippen LogP contribution in [0.1, 0.15) is 51.5 Å². The van der Waals surface area contributed by atoms with E-state index in [0.717, 1.165) is 57.4 Å². The second-order valence-electron chi connectivity index (χ2n) is 8.66. The molecule has 156 valence electrons. The maximum Gasteiger partial charge on any atom is 0.244 e. The van der Waals surface area contributed by atoms with Crippen molar-refractivity contribution in [3.05, 3.63) is 36.2 Å². The fourth-order valence-corrected chi connectivity index (χ4v) is 4.58. The Morgan fingerprint density at radius 3 is 2.62 bits per heavy atom. The summed E-state index contributed by atoms with van der Waals surface area (Å²) in [5.41, 5.74) is 7.01. The lowest BCUT2D eigenvalue weighted by Gasteiger charge is -2.43. The average Bonchev–Trinajstić information content (AvgIpc) is 3.23. The second-order valence-corrected chi connectivity index (χ2v) is 8.66. The van der Waals surface area contributed by atoms with E-state index >= 15 is 0 Å². The van der Waals surface area contributed by atoms with Crippen LogP contribution in [0.4, 0.5) is 0 Å². The van der Waals surface area contributed by atoms with Gasteiger partial charge in [-0.2, -0.15) is 4.98 Å². The highest BCUT2D eigenvalue weighted by atomic mass is 16.5. The number of amides is 1. The van der Waals surface area contributed by atoms with Crippen molar-refractivity contribution < 1.29 is 9.32 Å². The van der Waals surface area contributed by atoms with Crippen molar-refractivity contribution in [2.75, 3.05) is 26.2 Å². The lowest BCUT2D eigenvalue weighted by molar-refractivity contribution is -0.141. The lowest BCUT2D eigenvalue weighted by Crippen LogP contribution is -2.57. The zero-order valence-electron chi connectivity index (χ0n) is 17.4. The molecule has 1 saturated heterocycles. The molecule has 1 aliphatic heterocycles. The molecule has 1 saturated carbocycles. The normalized spacial score (nSPS) is 27.0. The van der Waals surface area contributed by atoms with Gasteiger partial charge in [0, 0.05) is 37.3 Å². The molecule has 3 unspecified atom stereocenters. The third-order valence-corrected chi connectivity index (χ3v) is 6.56. The number of nitrogens with two attached hydrogens (primary N) is 1. The Bertz CT molecular complexity index is 827. The van der Waals surface area contributed by atoms with Crippen LogP contribution < -0.4 is 5.73 Å². The van der Waals surface area contributed by atoms with E-state index in [1.165, 1.54) is 0 Å². The lowest BCUT2D eigenvalue weighted by atomic mass is 9.74. The summed E-state index contributed by atoms with van der Waals surface area (Å²) in [7, 11) is 0. The maximum absolute atomic E-state index is 13.1. The molecule has 2 fully saturated rings. The van der Waals surface area contributed by atoms with Crippen LogP contribution >= 0.6 is 0 Å². The Balaban J connectivity index is 1.36. The first-order chi connectivity index (χ1) is 14.0. The van der Waals surface area contributed by atoms with Gasteiger partial charge in [0.25, 0.3) is 0 Å². The molecule has 0 bridgehead atoms. The summed E-state index contributed by atoms with van der Waals surface area (Å²) < 4.78 is 5.53. The smallest absolute Gasteiger partial charge is 0.244 e. The molecule has 1 aromatic carbocycles. The van der Waals surface area contributed by atoms with Crippen molar-refractivity contribution in [2.45, 2.75) is 51.1 Å². The molecule has 29 heavy (non-hydrogen) atoms. The van der Waals surface area contributed by atoms with Gasteiger partial charge in [-0.3, -0.25) is 9.69 Å². The number of piperazine rings is 1. The van der Waals surface area contributed by atoms with Crippen LogP contribution in [0.3, 0.4) is 0 Å². The fourth-order valence-electron chi connectivity index (χ4n) is 4.58. The van der Waals surface area contributed by atoms with Gasteiger partial charge in [-0.15, -0.1) is 0 Å². The summed E-state index contributed by atoms with van der Waals surface area (Å²) >= 11 is 0. The molecule has 2 aromatic rings. The molecule has 7 nitrogen and oxygen atoms in total. The van der Waals surface area contributed by atoms with Crippen molar-refractivity contribution in [1.29, 1.82) is 0 Å². The Labute approximate surface area is 172 Å². The van der Waals surface area contributed by atoms with Crippen LogP contribution in [0.5, 0.6) is 0 Å². The van der Waals surface area contributed by atoms with E-state index in [9.17, 15) is 4.79 Å². The van der Waals surface area contributed by atoms with Gasteiger partial charge < -0.3 is 15.2 Å². The quantitative estimate of drug-likeness (QED) is 0.853. The Morgan fingerprint density at radius 2 is 1.93 bits per heavy atom. The van der Waals surface area contributed by atoms with Crippen LogP contribution in [-0.4, -0.2) is 57.6 Å². The van der Waals surface area contributed by atoms with Gasteiger partial charge in [0.1, 0.15) is 0 Å². The Kier molecular flexibility index (Phi) is 5.69. The average molecular weight is 398 g/mol. The SMILES string of the molecule is CC(c1nc(-c2ccccc2)no1)N1CCN(C(=O)C2CCCCC2(C)N)CC1. The predicted octanol–water partition coefficient (Wildman–Crippen LogP) is 2.85. The number of hydrogen-bond acceptors (Lipinski definition) is 6. The highest BCUT2D eigenvalue weighted by Crippen LogP contribution is 2.33.